The summed E-state index contributed by atoms with van der Waals surface area (Å²) in [5, 5.41) is 4.06. The molecule has 2 N–H and O–H groups in total. The van der Waals surface area contributed by atoms with Gasteiger partial charge in [-0.3, -0.25) is 0 Å². The molecule has 0 aliphatic heterocycles. The van der Waals surface area contributed by atoms with Crippen LogP contribution in [0.2, 0.25) is 0 Å². The Bertz CT molecular complexity index is 570. The number of nitrogen functional groups attached to an aromatic ring is 1. The topological polar surface area (TPSA) is 64.9 Å². The summed E-state index contributed by atoms with van der Waals surface area (Å²) in [6.07, 6.45) is 2.27. The van der Waals surface area contributed by atoms with Crippen molar-refractivity contribution in [2.45, 2.75) is 32.1 Å². The van der Waals surface area contributed by atoms with Gasteiger partial charge in [-0.25, -0.2) is 0 Å². The molecule has 0 unspecified atom stereocenters. The molecule has 1 fully saturated rings. The van der Waals surface area contributed by atoms with E-state index in [2.05, 4.69) is 17.1 Å². The van der Waals surface area contributed by atoms with E-state index < -0.39 is 0 Å². The van der Waals surface area contributed by atoms with E-state index in [9.17, 15) is 0 Å². The lowest BCUT2D eigenvalue weighted by molar-refractivity contribution is 0.416. The molecule has 4 heteroatoms. The number of hydrogen-bond acceptors (Lipinski definition) is 4. The van der Waals surface area contributed by atoms with Crippen molar-refractivity contribution in [3.63, 3.8) is 0 Å². The Kier molecular flexibility index (Phi) is 2.02. The summed E-state index contributed by atoms with van der Waals surface area (Å²) in [6.45, 7) is 4.12. The highest BCUT2D eigenvalue weighted by atomic mass is 16.5. The van der Waals surface area contributed by atoms with Crippen LogP contribution in [0.4, 0.5) is 5.69 Å². The SMILES string of the molecule is Cc1cccc(-c2nc(C3(C)CC3)no2)c1N. The van der Waals surface area contributed by atoms with Gasteiger partial charge in [0.25, 0.3) is 5.89 Å². The molecule has 0 radical (unpaired) electrons. The van der Waals surface area contributed by atoms with E-state index in [0.29, 0.717) is 11.6 Å². The van der Waals surface area contributed by atoms with E-state index in [4.69, 9.17) is 10.3 Å². The normalized spacial score (nSPS) is 17.1. The maximum absolute atomic E-state index is 6.02. The van der Waals surface area contributed by atoms with Gasteiger partial charge in [0.2, 0.25) is 0 Å². The molecule has 2 aromatic rings. The van der Waals surface area contributed by atoms with E-state index in [1.165, 1.54) is 0 Å². The zero-order valence-corrected chi connectivity index (χ0v) is 10.0. The minimum atomic E-state index is 0.125. The maximum Gasteiger partial charge on any atom is 0.260 e. The van der Waals surface area contributed by atoms with Crippen LogP contribution in [-0.4, -0.2) is 10.1 Å². The van der Waals surface area contributed by atoms with Crippen molar-refractivity contribution in [3.05, 3.63) is 29.6 Å². The molecule has 4 nitrogen and oxygen atoms in total. The number of hydrogen-bond donors (Lipinski definition) is 1. The van der Waals surface area contributed by atoms with Crippen LogP contribution in [0.25, 0.3) is 11.5 Å². The molecule has 88 valence electrons. The fraction of sp³-hybridized carbons (Fsp3) is 0.385. The molecule has 17 heavy (non-hydrogen) atoms. The van der Waals surface area contributed by atoms with Crippen LogP contribution in [0.5, 0.6) is 0 Å². The molecule has 1 aliphatic rings. The summed E-state index contributed by atoms with van der Waals surface area (Å²) in [5.41, 5.74) is 8.71. The largest absolute Gasteiger partial charge is 0.398 e. The minimum absolute atomic E-state index is 0.125. The van der Waals surface area contributed by atoms with Crippen LogP contribution < -0.4 is 5.73 Å². The maximum atomic E-state index is 6.02. The Hall–Kier alpha value is -1.84. The van der Waals surface area contributed by atoms with Gasteiger partial charge < -0.3 is 10.3 Å². The van der Waals surface area contributed by atoms with Gasteiger partial charge in [0.15, 0.2) is 5.82 Å². The van der Waals surface area contributed by atoms with E-state index in [1.807, 2.05) is 25.1 Å². The third-order valence-electron chi connectivity index (χ3n) is 3.52. The van der Waals surface area contributed by atoms with Crippen LogP contribution in [-0.2, 0) is 5.41 Å². The van der Waals surface area contributed by atoms with Crippen molar-refractivity contribution in [1.29, 1.82) is 0 Å². The fourth-order valence-corrected chi connectivity index (χ4v) is 1.86. The highest BCUT2D eigenvalue weighted by molar-refractivity contribution is 5.73. The zero-order valence-electron chi connectivity index (χ0n) is 10.0. The number of para-hydroxylation sites is 1. The smallest absolute Gasteiger partial charge is 0.260 e. The van der Waals surface area contributed by atoms with Gasteiger partial charge in [-0.2, -0.15) is 4.98 Å². The lowest BCUT2D eigenvalue weighted by Gasteiger charge is -2.03. The summed E-state index contributed by atoms with van der Waals surface area (Å²) < 4.78 is 5.31. The van der Waals surface area contributed by atoms with Crippen LogP contribution in [0.15, 0.2) is 22.7 Å². The van der Waals surface area contributed by atoms with Gasteiger partial charge in [0, 0.05) is 11.1 Å². The molecule has 1 aromatic carbocycles. The number of aryl methyl sites for hydroxylation is 1. The lowest BCUT2D eigenvalue weighted by atomic mass is 10.1. The van der Waals surface area contributed by atoms with Gasteiger partial charge in [-0.1, -0.05) is 24.2 Å². The Morgan fingerprint density at radius 3 is 2.82 bits per heavy atom. The molecule has 0 spiro atoms. The van der Waals surface area contributed by atoms with E-state index >= 15 is 0 Å². The van der Waals surface area contributed by atoms with Gasteiger partial charge >= 0.3 is 0 Å². The first-order valence-corrected chi connectivity index (χ1v) is 5.80. The Morgan fingerprint density at radius 2 is 2.12 bits per heavy atom. The molecule has 1 aliphatic carbocycles. The third-order valence-corrected chi connectivity index (χ3v) is 3.52. The van der Waals surface area contributed by atoms with Crippen molar-refractivity contribution in [2.24, 2.45) is 0 Å². The lowest BCUT2D eigenvalue weighted by Crippen LogP contribution is -2.02. The predicted molar refractivity (Wildman–Crippen MR) is 65.5 cm³/mol. The average molecular weight is 229 g/mol. The second kappa shape index (κ2) is 3.32. The Morgan fingerprint density at radius 1 is 1.35 bits per heavy atom. The quantitative estimate of drug-likeness (QED) is 0.804. The standard InChI is InChI=1S/C13H15N3O/c1-8-4-3-5-9(10(8)14)11-15-12(16-17-11)13(2)6-7-13/h3-5H,6-7,14H2,1-2H3. The molecule has 1 heterocycles. The first-order chi connectivity index (χ1) is 8.10. The molecular formula is C13H15N3O. The molecule has 1 saturated carbocycles. The molecule has 0 bridgehead atoms. The first-order valence-electron chi connectivity index (χ1n) is 5.80. The van der Waals surface area contributed by atoms with Gasteiger partial charge in [-0.15, -0.1) is 0 Å². The monoisotopic (exact) mass is 229 g/mol. The average Bonchev–Trinajstić information content (AvgIpc) is 2.88. The Balaban J connectivity index is 2.04. The van der Waals surface area contributed by atoms with Gasteiger partial charge in [-0.05, 0) is 31.4 Å². The third kappa shape index (κ3) is 1.60. The van der Waals surface area contributed by atoms with Gasteiger partial charge in [0.1, 0.15) is 0 Å². The summed E-state index contributed by atoms with van der Waals surface area (Å²) in [4.78, 5) is 4.46. The second-order valence-electron chi connectivity index (χ2n) is 5.02. The summed E-state index contributed by atoms with van der Waals surface area (Å²) in [5.74, 6) is 1.32. The van der Waals surface area contributed by atoms with Crippen LogP contribution >= 0.6 is 0 Å². The number of anilines is 1. The van der Waals surface area contributed by atoms with E-state index in [0.717, 1.165) is 29.8 Å². The summed E-state index contributed by atoms with van der Waals surface area (Å²) in [6, 6.07) is 5.83. The van der Waals surface area contributed by atoms with Crippen LogP contribution in [0, 0.1) is 6.92 Å². The minimum Gasteiger partial charge on any atom is -0.398 e. The van der Waals surface area contributed by atoms with Crippen molar-refractivity contribution in [2.75, 3.05) is 5.73 Å². The number of nitrogens with two attached hydrogens (primary N) is 1. The van der Waals surface area contributed by atoms with E-state index in [1.54, 1.807) is 0 Å². The summed E-state index contributed by atoms with van der Waals surface area (Å²) in [7, 11) is 0. The molecule has 3 rings (SSSR count). The van der Waals surface area contributed by atoms with Crippen molar-refractivity contribution >= 4 is 5.69 Å². The van der Waals surface area contributed by atoms with Crippen LogP contribution in [0.1, 0.15) is 31.2 Å². The predicted octanol–water partition coefficient (Wildman–Crippen LogP) is 2.68. The number of rotatable bonds is 2. The summed E-state index contributed by atoms with van der Waals surface area (Å²) >= 11 is 0. The molecular weight excluding hydrogens is 214 g/mol. The van der Waals surface area contributed by atoms with Crippen molar-refractivity contribution in [3.8, 4) is 11.5 Å². The zero-order chi connectivity index (χ0) is 12.0. The second-order valence-corrected chi connectivity index (χ2v) is 5.02. The number of aromatic nitrogens is 2. The molecule has 0 atom stereocenters. The van der Waals surface area contributed by atoms with Crippen LogP contribution in [0.3, 0.4) is 0 Å². The van der Waals surface area contributed by atoms with Crippen molar-refractivity contribution in [1.82, 2.24) is 10.1 Å². The fourth-order valence-electron chi connectivity index (χ4n) is 1.86. The Labute approximate surface area is 99.8 Å². The van der Waals surface area contributed by atoms with Crippen molar-refractivity contribution < 1.29 is 4.52 Å². The molecule has 0 saturated heterocycles. The highest BCUT2D eigenvalue weighted by Gasteiger charge is 2.43. The van der Waals surface area contributed by atoms with E-state index in [-0.39, 0.29) is 5.41 Å². The molecule has 0 amide bonds. The number of benzene rings is 1. The number of nitrogens with zero attached hydrogens (tertiary/aromatic N) is 2. The molecule has 1 aromatic heterocycles. The van der Waals surface area contributed by atoms with Gasteiger partial charge in [0.05, 0.1) is 5.56 Å². The first kappa shape index (κ1) is 10.3. The highest BCUT2D eigenvalue weighted by Crippen LogP contribution is 2.46.